The third-order valence-corrected chi connectivity index (χ3v) is 2.43. The van der Waals surface area contributed by atoms with Gasteiger partial charge in [-0.1, -0.05) is 12.1 Å². The van der Waals surface area contributed by atoms with E-state index < -0.39 is 23.5 Å². The van der Waals surface area contributed by atoms with Gasteiger partial charge in [-0.25, -0.2) is 14.8 Å². The van der Waals surface area contributed by atoms with E-state index in [4.69, 9.17) is 4.74 Å². The van der Waals surface area contributed by atoms with E-state index in [2.05, 4.69) is 14.7 Å². The molecule has 0 saturated carbocycles. The van der Waals surface area contributed by atoms with E-state index in [0.29, 0.717) is 0 Å². The predicted molar refractivity (Wildman–Crippen MR) is 64.9 cm³/mol. The van der Waals surface area contributed by atoms with Crippen LogP contribution in [0.2, 0.25) is 0 Å². The van der Waals surface area contributed by atoms with Crippen LogP contribution < -0.4 is 4.74 Å². The number of aromatic nitrogens is 2. The molecule has 1 aromatic heterocycles. The zero-order chi connectivity index (χ0) is 15.5. The monoisotopic (exact) mass is 298 g/mol. The third-order valence-electron chi connectivity index (χ3n) is 2.43. The summed E-state index contributed by atoms with van der Waals surface area (Å²) in [5.74, 6) is -1.27. The highest BCUT2D eigenvalue weighted by molar-refractivity contribution is 5.86. The van der Waals surface area contributed by atoms with Crippen molar-refractivity contribution in [1.82, 2.24) is 9.97 Å². The molecule has 1 heterocycles. The van der Waals surface area contributed by atoms with Crippen LogP contribution >= 0.6 is 0 Å². The Labute approximate surface area is 117 Å². The van der Waals surface area contributed by atoms with Gasteiger partial charge >= 0.3 is 12.1 Å². The number of carbonyl (C=O) groups is 1. The molecule has 0 atom stereocenters. The highest BCUT2D eigenvalue weighted by atomic mass is 19.4. The summed E-state index contributed by atoms with van der Waals surface area (Å²) < 4.78 is 47.9. The van der Waals surface area contributed by atoms with Crippen LogP contribution in [0.5, 0.6) is 11.6 Å². The molecular formula is C13H9F3N2O3. The minimum atomic E-state index is -4.55. The SMILES string of the molecule is COC(=O)c1cnc(Oc2ccccc2C(F)(F)F)cn1. The van der Waals surface area contributed by atoms with Crippen molar-refractivity contribution in [1.29, 1.82) is 0 Å². The average molecular weight is 298 g/mol. The fraction of sp³-hybridized carbons (Fsp3) is 0.154. The smallest absolute Gasteiger partial charge is 0.419 e. The van der Waals surface area contributed by atoms with Crippen LogP contribution in [0, 0.1) is 0 Å². The van der Waals surface area contributed by atoms with E-state index in [-0.39, 0.29) is 11.6 Å². The molecule has 8 heteroatoms. The number of hydrogen-bond acceptors (Lipinski definition) is 5. The van der Waals surface area contributed by atoms with E-state index in [1.165, 1.54) is 25.3 Å². The molecule has 0 bridgehead atoms. The Bertz CT molecular complexity index is 642. The lowest BCUT2D eigenvalue weighted by atomic mass is 10.2. The fourth-order valence-electron chi connectivity index (χ4n) is 1.48. The van der Waals surface area contributed by atoms with Gasteiger partial charge in [-0.05, 0) is 12.1 Å². The molecule has 0 N–H and O–H groups in total. The van der Waals surface area contributed by atoms with E-state index in [0.717, 1.165) is 18.5 Å². The summed E-state index contributed by atoms with van der Waals surface area (Å²) in [6.07, 6.45) is -2.45. The Hall–Kier alpha value is -2.64. The zero-order valence-corrected chi connectivity index (χ0v) is 10.7. The quantitative estimate of drug-likeness (QED) is 0.815. The van der Waals surface area contributed by atoms with Gasteiger partial charge in [0.1, 0.15) is 5.75 Å². The minimum Gasteiger partial charge on any atom is -0.464 e. The lowest BCUT2D eigenvalue weighted by molar-refractivity contribution is -0.138. The molecule has 0 unspecified atom stereocenters. The molecule has 5 nitrogen and oxygen atoms in total. The summed E-state index contributed by atoms with van der Waals surface area (Å²) >= 11 is 0. The molecule has 0 aliphatic heterocycles. The summed E-state index contributed by atoms with van der Waals surface area (Å²) in [6.45, 7) is 0. The number of ether oxygens (including phenoxy) is 2. The Morgan fingerprint density at radius 3 is 2.43 bits per heavy atom. The molecule has 0 fully saturated rings. The van der Waals surface area contributed by atoms with Crippen molar-refractivity contribution in [2.45, 2.75) is 6.18 Å². The Morgan fingerprint density at radius 2 is 1.86 bits per heavy atom. The Balaban J connectivity index is 2.25. The van der Waals surface area contributed by atoms with Gasteiger partial charge < -0.3 is 9.47 Å². The summed E-state index contributed by atoms with van der Waals surface area (Å²) in [7, 11) is 1.17. The summed E-state index contributed by atoms with van der Waals surface area (Å²) in [5.41, 5.74) is -1.00. The molecule has 0 aliphatic rings. The van der Waals surface area contributed by atoms with Gasteiger partial charge in [0, 0.05) is 0 Å². The first kappa shape index (κ1) is 14.8. The maximum atomic E-state index is 12.8. The third kappa shape index (κ3) is 3.47. The number of nitrogens with zero attached hydrogens (tertiary/aromatic N) is 2. The molecule has 1 aromatic carbocycles. The molecule has 0 saturated heterocycles. The summed E-state index contributed by atoms with van der Waals surface area (Å²) in [5, 5.41) is 0. The number of benzene rings is 1. The van der Waals surface area contributed by atoms with Gasteiger partial charge in [-0.3, -0.25) is 0 Å². The van der Waals surface area contributed by atoms with Gasteiger partial charge in [-0.2, -0.15) is 13.2 Å². The van der Waals surface area contributed by atoms with Crippen LogP contribution in [0.1, 0.15) is 16.1 Å². The number of hydrogen-bond donors (Lipinski definition) is 0. The summed E-state index contributed by atoms with van der Waals surface area (Å²) in [6, 6.07) is 4.72. The van der Waals surface area contributed by atoms with Crippen LogP contribution in [0.3, 0.4) is 0 Å². The highest BCUT2D eigenvalue weighted by Gasteiger charge is 2.34. The van der Waals surface area contributed by atoms with Crippen molar-refractivity contribution in [3.63, 3.8) is 0 Å². The molecule has 2 aromatic rings. The number of esters is 1. The van der Waals surface area contributed by atoms with Crippen molar-refractivity contribution in [2.24, 2.45) is 0 Å². The first-order chi connectivity index (χ1) is 9.91. The largest absolute Gasteiger partial charge is 0.464 e. The van der Waals surface area contributed by atoms with Crippen molar-refractivity contribution in [3.8, 4) is 11.6 Å². The molecule has 0 radical (unpaired) electrons. The van der Waals surface area contributed by atoms with Gasteiger partial charge in [0.15, 0.2) is 5.69 Å². The lowest BCUT2D eigenvalue weighted by Crippen LogP contribution is -2.08. The number of para-hydroxylation sites is 1. The van der Waals surface area contributed by atoms with Crippen LogP contribution in [-0.4, -0.2) is 23.0 Å². The number of alkyl halides is 3. The molecule has 110 valence electrons. The summed E-state index contributed by atoms with van der Waals surface area (Å²) in [4.78, 5) is 18.6. The van der Waals surface area contributed by atoms with Gasteiger partial charge in [0.25, 0.3) is 0 Å². The van der Waals surface area contributed by atoms with Crippen molar-refractivity contribution >= 4 is 5.97 Å². The fourth-order valence-corrected chi connectivity index (χ4v) is 1.48. The first-order valence-electron chi connectivity index (χ1n) is 5.66. The number of carbonyl (C=O) groups excluding carboxylic acids is 1. The van der Waals surface area contributed by atoms with Crippen LogP contribution in [0.25, 0.3) is 0 Å². The molecule has 0 amide bonds. The minimum absolute atomic E-state index is 0.0750. The van der Waals surface area contributed by atoms with Crippen molar-refractivity contribution < 1.29 is 27.4 Å². The molecule has 0 aliphatic carbocycles. The zero-order valence-electron chi connectivity index (χ0n) is 10.7. The van der Waals surface area contributed by atoms with Gasteiger partial charge in [-0.15, -0.1) is 0 Å². The molecule has 2 rings (SSSR count). The maximum Gasteiger partial charge on any atom is 0.419 e. The maximum absolute atomic E-state index is 12.8. The second-order valence-corrected chi connectivity index (χ2v) is 3.83. The normalized spacial score (nSPS) is 11.0. The Morgan fingerprint density at radius 1 is 1.14 bits per heavy atom. The van der Waals surface area contributed by atoms with E-state index in [1.807, 2.05) is 0 Å². The van der Waals surface area contributed by atoms with Crippen LogP contribution in [0.4, 0.5) is 13.2 Å². The molecule has 21 heavy (non-hydrogen) atoms. The van der Waals surface area contributed by atoms with E-state index in [9.17, 15) is 18.0 Å². The number of halogens is 3. The van der Waals surface area contributed by atoms with E-state index >= 15 is 0 Å². The van der Waals surface area contributed by atoms with Crippen molar-refractivity contribution in [2.75, 3.05) is 7.11 Å². The average Bonchev–Trinajstić information content (AvgIpc) is 2.47. The second-order valence-electron chi connectivity index (χ2n) is 3.83. The van der Waals surface area contributed by atoms with Crippen LogP contribution in [-0.2, 0) is 10.9 Å². The lowest BCUT2D eigenvalue weighted by Gasteiger charge is -2.12. The topological polar surface area (TPSA) is 61.3 Å². The number of rotatable bonds is 3. The van der Waals surface area contributed by atoms with E-state index in [1.54, 1.807) is 0 Å². The Kier molecular flexibility index (Phi) is 4.06. The molecule has 0 spiro atoms. The van der Waals surface area contributed by atoms with Crippen LogP contribution in [0.15, 0.2) is 36.7 Å². The number of methoxy groups -OCH3 is 1. The van der Waals surface area contributed by atoms with Gasteiger partial charge in [0.2, 0.25) is 5.88 Å². The van der Waals surface area contributed by atoms with Crippen molar-refractivity contribution in [3.05, 3.63) is 47.9 Å². The first-order valence-corrected chi connectivity index (χ1v) is 5.66. The van der Waals surface area contributed by atoms with Gasteiger partial charge in [0.05, 0.1) is 25.1 Å². The molecular weight excluding hydrogens is 289 g/mol. The second kappa shape index (κ2) is 5.78. The highest BCUT2D eigenvalue weighted by Crippen LogP contribution is 2.37. The standard InChI is InChI=1S/C13H9F3N2O3/c1-20-12(19)9-6-18-11(7-17-9)21-10-5-3-2-4-8(10)13(14,15)16/h2-7H,1H3. The predicted octanol–water partition coefficient (Wildman–Crippen LogP) is 3.07.